The summed E-state index contributed by atoms with van der Waals surface area (Å²) in [5, 5.41) is 2.85. The van der Waals surface area contributed by atoms with E-state index in [0.29, 0.717) is 17.8 Å². The highest BCUT2D eigenvalue weighted by atomic mass is 32.2. The molecule has 2 rings (SSSR count). The van der Waals surface area contributed by atoms with Gasteiger partial charge in [-0.1, -0.05) is 30.3 Å². The van der Waals surface area contributed by atoms with Crippen molar-refractivity contribution in [2.45, 2.75) is 12.7 Å². The number of amides is 1. The summed E-state index contributed by atoms with van der Waals surface area (Å²) in [6, 6.07) is 14.7. The van der Waals surface area contributed by atoms with Crippen molar-refractivity contribution in [2.75, 3.05) is 23.3 Å². The first-order valence-corrected chi connectivity index (χ1v) is 10.9. The third kappa shape index (κ3) is 6.80. The van der Waals surface area contributed by atoms with Crippen LogP contribution in [-0.4, -0.2) is 32.9 Å². The van der Waals surface area contributed by atoms with E-state index < -0.39 is 10.0 Å². The molecule has 0 aliphatic rings. The Bertz CT molecular complexity index is 836. The van der Waals surface area contributed by atoms with Crippen molar-refractivity contribution in [3.63, 3.8) is 0 Å². The molecule has 7 heteroatoms. The van der Waals surface area contributed by atoms with Crippen LogP contribution < -0.4 is 10.0 Å². The Morgan fingerprint density at radius 2 is 1.88 bits per heavy atom. The van der Waals surface area contributed by atoms with Crippen molar-refractivity contribution in [2.24, 2.45) is 0 Å². The lowest BCUT2D eigenvalue weighted by Gasteiger charge is -2.08. The van der Waals surface area contributed by atoms with Crippen LogP contribution in [0.5, 0.6) is 0 Å². The first kappa shape index (κ1) is 19.3. The second-order valence-electron chi connectivity index (χ2n) is 5.69. The maximum absolute atomic E-state index is 12.2. The van der Waals surface area contributed by atoms with Crippen LogP contribution in [0.1, 0.15) is 21.5 Å². The van der Waals surface area contributed by atoms with Gasteiger partial charge >= 0.3 is 0 Å². The van der Waals surface area contributed by atoms with Crippen LogP contribution in [0, 0.1) is 6.92 Å². The van der Waals surface area contributed by atoms with Gasteiger partial charge in [0, 0.05) is 29.3 Å². The molecule has 2 aromatic rings. The largest absolute Gasteiger partial charge is 0.351 e. The molecule has 0 aliphatic heterocycles. The number of aryl methyl sites for hydroxylation is 1. The number of anilines is 1. The zero-order chi connectivity index (χ0) is 18.3. The standard InChI is InChI=1S/C18H22N2O3S2/c1-14-6-3-4-7-16(14)13-24-11-10-19-18(21)15-8-5-9-17(12-15)20-25(2,22)23/h3-9,12,20H,10-11,13H2,1-2H3,(H,19,21). The summed E-state index contributed by atoms with van der Waals surface area (Å²) in [6.07, 6.45) is 1.07. The fourth-order valence-electron chi connectivity index (χ4n) is 2.23. The summed E-state index contributed by atoms with van der Waals surface area (Å²) >= 11 is 1.76. The Morgan fingerprint density at radius 1 is 1.12 bits per heavy atom. The number of hydrogen-bond acceptors (Lipinski definition) is 4. The molecule has 0 saturated carbocycles. The van der Waals surface area contributed by atoms with Crippen molar-refractivity contribution in [1.29, 1.82) is 0 Å². The lowest BCUT2D eigenvalue weighted by molar-refractivity contribution is 0.0956. The van der Waals surface area contributed by atoms with Gasteiger partial charge in [-0.25, -0.2) is 8.42 Å². The number of carbonyl (C=O) groups is 1. The van der Waals surface area contributed by atoms with Gasteiger partial charge in [-0.2, -0.15) is 11.8 Å². The fraction of sp³-hybridized carbons (Fsp3) is 0.278. The molecule has 0 unspecified atom stereocenters. The van der Waals surface area contributed by atoms with Gasteiger partial charge in [-0.3, -0.25) is 9.52 Å². The summed E-state index contributed by atoms with van der Waals surface area (Å²) in [5.74, 6) is 1.51. The Kier molecular flexibility index (Phi) is 6.90. The summed E-state index contributed by atoms with van der Waals surface area (Å²) in [6.45, 7) is 2.65. The summed E-state index contributed by atoms with van der Waals surface area (Å²) in [5.41, 5.74) is 3.38. The predicted molar refractivity (Wildman–Crippen MR) is 105 cm³/mol. The van der Waals surface area contributed by atoms with E-state index in [1.165, 1.54) is 17.2 Å². The van der Waals surface area contributed by atoms with E-state index >= 15 is 0 Å². The SMILES string of the molecule is Cc1ccccc1CSCCNC(=O)c1cccc(NS(C)(=O)=O)c1. The van der Waals surface area contributed by atoms with Gasteiger partial charge in [0.25, 0.3) is 5.91 Å². The number of hydrogen-bond donors (Lipinski definition) is 2. The van der Waals surface area contributed by atoms with E-state index in [1.54, 1.807) is 30.0 Å². The molecule has 5 nitrogen and oxygen atoms in total. The number of sulfonamides is 1. The Morgan fingerprint density at radius 3 is 2.60 bits per heavy atom. The molecule has 0 saturated heterocycles. The van der Waals surface area contributed by atoms with Gasteiger partial charge < -0.3 is 5.32 Å². The average molecular weight is 379 g/mol. The van der Waals surface area contributed by atoms with Crippen LogP contribution in [0.3, 0.4) is 0 Å². The van der Waals surface area contributed by atoms with Crippen LogP contribution in [0.2, 0.25) is 0 Å². The minimum Gasteiger partial charge on any atom is -0.351 e. The third-order valence-electron chi connectivity index (χ3n) is 3.48. The highest BCUT2D eigenvalue weighted by Gasteiger charge is 2.08. The molecule has 2 N–H and O–H groups in total. The number of rotatable bonds is 8. The smallest absolute Gasteiger partial charge is 0.251 e. The van der Waals surface area contributed by atoms with E-state index in [1.807, 2.05) is 12.1 Å². The van der Waals surface area contributed by atoms with Gasteiger partial charge in [-0.15, -0.1) is 0 Å². The molecule has 0 aliphatic carbocycles. The summed E-state index contributed by atoms with van der Waals surface area (Å²) in [4.78, 5) is 12.2. The van der Waals surface area contributed by atoms with Gasteiger partial charge in [0.05, 0.1) is 6.26 Å². The van der Waals surface area contributed by atoms with Crippen molar-refractivity contribution >= 4 is 33.4 Å². The van der Waals surface area contributed by atoms with Crippen LogP contribution in [0.15, 0.2) is 48.5 Å². The normalized spacial score (nSPS) is 11.1. The minimum absolute atomic E-state index is 0.214. The Labute approximate surface area is 153 Å². The lowest BCUT2D eigenvalue weighted by atomic mass is 10.1. The molecule has 0 bridgehead atoms. The molecule has 25 heavy (non-hydrogen) atoms. The molecule has 0 spiro atoms. The van der Waals surface area contributed by atoms with E-state index in [2.05, 4.69) is 29.1 Å². The number of thioether (sulfide) groups is 1. The van der Waals surface area contributed by atoms with Crippen molar-refractivity contribution in [3.8, 4) is 0 Å². The topological polar surface area (TPSA) is 75.3 Å². The summed E-state index contributed by atoms with van der Waals surface area (Å²) in [7, 11) is -3.36. The first-order chi connectivity index (χ1) is 11.8. The maximum atomic E-state index is 12.2. The molecule has 0 fully saturated rings. The quantitative estimate of drug-likeness (QED) is 0.693. The molecule has 1 amide bonds. The van der Waals surface area contributed by atoms with Gasteiger partial charge in [0.2, 0.25) is 10.0 Å². The highest BCUT2D eigenvalue weighted by molar-refractivity contribution is 7.98. The van der Waals surface area contributed by atoms with Crippen LogP contribution in [0.25, 0.3) is 0 Å². The number of benzene rings is 2. The van der Waals surface area contributed by atoms with Gasteiger partial charge in [0.15, 0.2) is 0 Å². The molecule has 2 aromatic carbocycles. The van der Waals surface area contributed by atoms with E-state index in [-0.39, 0.29) is 5.91 Å². The zero-order valence-corrected chi connectivity index (χ0v) is 15.9. The molecule has 0 heterocycles. The van der Waals surface area contributed by atoms with Gasteiger partial charge in [-0.05, 0) is 36.2 Å². The number of nitrogens with one attached hydrogen (secondary N) is 2. The van der Waals surface area contributed by atoms with Crippen LogP contribution >= 0.6 is 11.8 Å². The molecular formula is C18H22N2O3S2. The minimum atomic E-state index is -3.36. The molecule has 134 valence electrons. The molecule has 0 radical (unpaired) electrons. The molecular weight excluding hydrogens is 356 g/mol. The molecule has 0 atom stereocenters. The second kappa shape index (κ2) is 8.92. The maximum Gasteiger partial charge on any atom is 0.251 e. The predicted octanol–water partition coefficient (Wildman–Crippen LogP) is 3.03. The zero-order valence-electron chi connectivity index (χ0n) is 14.3. The van der Waals surface area contributed by atoms with E-state index in [9.17, 15) is 13.2 Å². The van der Waals surface area contributed by atoms with E-state index in [4.69, 9.17) is 0 Å². The lowest BCUT2D eigenvalue weighted by Crippen LogP contribution is -2.25. The van der Waals surface area contributed by atoms with Crippen LogP contribution in [-0.2, 0) is 15.8 Å². The van der Waals surface area contributed by atoms with Crippen molar-refractivity contribution in [3.05, 3.63) is 65.2 Å². The van der Waals surface area contributed by atoms with Crippen LogP contribution in [0.4, 0.5) is 5.69 Å². The average Bonchev–Trinajstić information content (AvgIpc) is 2.54. The second-order valence-corrected chi connectivity index (χ2v) is 8.54. The van der Waals surface area contributed by atoms with Crippen molar-refractivity contribution < 1.29 is 13.2 Å². The third-order valence-corrected chi connectivity index (χ3v) is 5.09. The monoisotopic (exact) mass is 378 g/mol. The Balaban J connectivity index is 1.79. The van der Waals surface area contributed by atoms with Gasteiger partial charge in [0.1, 0.15) is 0 Å². The first-order valence-electron chi connectivity index (χ1n) is 7.83. The van der Waals surface area contributed by atoms with Crippen molar-refractivity contribution in [1.82, 2.24) is 5.32 Å². The Hall–Kier alpha value is -1.99. The summed E-state index contributed by atoms with van der Waals surface area (Å²) < 4.78 is 24.9. The number of carbonyl (C=O) groups excluding carboxylic acids is 1. The highest BCUT2D eigenvalue weighted by Crippen LogP contribution is 2.15. The fourth-order valence-corrected chi connectivity index (χ4v) is 3.72. The molecule has 0 aromatic heterocycles. The van der Waals surface area contributed by atoms with E-state index in [0.717, 1.165) is 17.8 Å².